The highest BCUT2D eigenvalue weighted by Gasteiger charge is 2.45. The highest BCUT2D eigenvalue weighted by Crippen LogP contribution is 2.45. The third kappa shape index (κ3) is 3.19. The summed E-state index contributed by atoms with van der Waals surface area (Å²) in [6.45, 7) is 0. The third-order valence-corrected chi connectivity index (χ3v) is 5.13. The molecular weight excluding hydrogens is 340 g/mol. The van der Waals surface area contributed by atoms with Crippen molar-refractivity contribution < 1.29 is 4.79 Å². The molecule has 0 saturated heterocycles. The lowest BCUT2D eigenvalue weighted by molar-refractivity contribution is -0.124. The Hall–Kier alpha value is -3.48. The second kappa shape index (κ2) is 6.68. The highest BCUT2D eigenvalue weighted by atomic mass is 16.2. The van der Waals surface area contributed by atoms with E-state index in [4.69, 9.17) is 11.5 Å². The number of hydrogen-bond donors (Lipinski definition) is 3. The Kier molecular flexibility index (Phi) is 4.19. The van der Waals surface area contributed by atoms with Crippen molar-refractivity contribution in [3.63, 3.8) is 0 Å². The van der Waals surface area contributed by atoms with Crippen molar-refractivity contribution in [1.29, 1.82) is 0 Å². The first-order chi connectivity index (χ1) is 13.1. The summed E-state index contributed by atoms with van der Waals surface area (Å²) in [7, 11) is 0. The number of hydrogen-bond acceptors (Lipinski definition) is 6. The molecule has 1 aliphatic carbocycles. The number of nitrogen functional groups attached to an aromatic ring is 2. The van der Waals surface area contributed by atoms with Crippen molar-refractivity contribution >= 4 is 23.4 Å². The quantitative estimate of drug-likeness (QED) is 0.658. The average Bonchev–Trinajstić information content (AvgIpc) is 2.64. The van der Waals surface area contributed by atoms with Crippen LogP contribution in [0.15, 0.2) is 55.0 Å². The maximum Gasteiger partial charge on any atom is 0.235 e. The number of nitrogens with two attached hydrogens (primary N) is 2. The van der Waals surface area contributed by atoms with Crippen LogP contribution in [-0.2, 0) is 10.2 Å². The molecule has 1 fully saturated rings. The van der Waals surface area contributed by atoms with Gasteiger partial charge >= 0.3 is 0 Å². The molecule has 1 aromatic carbocycles. The Morgan fingerprint density at radius 1 is 0.889 bits per heavy atom. The van der Waals surface area contributed by atoms with Crippen LogP contribution < -0.4 is 16.8 Å². The summed E-state index contributed by atoms with van der Waals surface area (Å²) in [6.07, 6.45) is 7.64. The van der Waals surface area contributed by atoms with Gasteiger partial charge in [0.1, 0.15) is 5.82 Å². The fourth-order valence-corrected chi connectivity index (χ4v) is 3.38. The number of carbonyl (C=O) groups is 1. The summed E-state index contributed by atoms with van der Waals surface area (Å²) in [5.74, 6) is 0.662. The summed E-state index contributed by atoms with van der Waals surface area (Å²) in [6, 6.07) is 11.4. The second-order valence-electron chi connectivity index (χ2n) is 6.77. The van der Waals surface area contributed by atoms with Gasteiger partial charge in [-0.25, -0.2) is 15.0 Å². The van der Waals surface area contributed by atoms with Gasteiger partial charge < -0.3 is 16.8 Å². The van der Waals surface area contributed by atoms with Crippen molar-refractivity contribution in [2.45, 2.75) is 24.7 Å². The van der Waals surface area contributed by atoms with E-state index in [1.165, 1.54) is 0 Å². The summed E-state index contributed by atoms with van der Waals surface area (Å²) in [4.78, 5) is 25.1. The number of aromatic nitrogens is 3. The van der Waals surface area contributed by atoms with Crippen LogP contribution in [0.2, 0.25) is 0 Å². The van der Waals surface area contributed by atoms with E-state index >= 15 is 0 Å². The third-order valence-electron chi connectivity index (χ3n) is 5.13. The van der Waals surface area contributed by atoms with Gasteiger partial charge in [-0.2, -0.15) is 0 Å². The maximum atomic E-state index is 13.0. The zero-order valence-corrected chi connectivity index (χ0v) is 14.7. The number of nitrogens with one attached hydrogen (secondary N) is 1. The summed E-state index contributed by atoms with van der Waals surface area (Å²) in [5.41, 5.74) is 14.2. The number of anilines is 3. The zero-order chi connectivity index (χ0) is 18.9. The molecule has 0 spiro atoms. The molecule has 0 aliphatic heterocycles. The van der Waals surface area contributed by atoms with E-state index in [1.54, 1.807) is 30.7 Å². The van der Waals surface area contributed by atoms with Crippen LogP contribution in [0.4, 0.5) is 17.5 Å². The van der Waals surface area contributed by atoms with E-state index in [0.717, 1.165) is 36.0 Å². The van der Waals surface area contributed by atoms with Crippen LogP contribution in [0.5, 0.6) is 0 Å². The van der Waals surface area contributed by atoms with Crippen LogP contribution in [0.25, 0.3) is 11.1 Å². The van der Waals surface area contributed by atoms with Gasteiger partial charge in [0.05, 0.1) is 17.3 Å². The van der Waals surface area contributed by atoms with Gasteiger partial charge in [0.25, 0.3) is 0 Å². The Bertz CT molecular complexity index is 947. The van der Waals surface area contributed by atoms with Crippen LogP contribution in [0, 0.1) is 0 Å². The number of pyridine rings is 1. The zero-order valence-electron chi connectivity index (χ0n) is 14.7. The molecule has 1 saturated carbocycles. The molecule has 7 heteroatoms. The summed E-state index contributed by atoms with van der Waals surface area (Å²) >= 11 is 0. The van der Waals surface area contributed by atoms with E-state index in [1.807, 2.05) is 24.3 Å². The first-order valence-electron chi connectivity index (χ1n) is 8.78. The summed E-state index contributed by atoms with van der Waals surface area (Å²) < 4.78 is 0. The average molecular weight is 360 g/mol. The van der Waals surface area contributed by atoms with E-state index < -0.39 is 5.41 Å². The molecule has 0 unspecified atom stereocenters. The van der Waals surface area contributed by atoms with E-state index in [0.29, 0.717) is 11.5 Å². The topological polar surface area (TPSA) is 120 Å². The van der Waals surface area contributed by atoms with Gasteiger partial charge in [0.15, 0.2) is 0 Å². The van der Waals surface area contributed by atoms with Crippen molar-refractivity contribution in [1.82, 2.24) is 15.0 Å². The largest absolute Gasteiger partial charge is 0.384 e. The second-order valence-corrected chi connectivity index (χ2v) is 6.77. The Labute approximate surface area is 156 Å². The Morgan fingerprint density at radius 3 is 2.15 bits per heavy atom. The minimum Gasteiger partial charge on any atom is -0.384 e. The molecular formula is C20H20N6O. The molecule has 27 heavy (non-hydrogen) atoms. The molecule has 4 rings (SSSR count). The van der Waals surface area contributed by atoms with E-state index in [9.17, 15) is 4.79 Å². The molecule has 0 radical (unpaired) electrons. The molecule has 0 bridgehead atoms. The molecule has 7 nitrogen and oxygen atoms in total. The lowest BCUT2D eigenvalue weighted by atomic mass is 9.63. The van der Waals surface area contributed by atoms with Crippen LogP contribution in [0.1, 0.15) is 24.8 Å². The Balaban J connectivity index is 1.57. The minimum atomic E-state index is -0.502. The fraction of sp³-hybridized carbons (Fsp3) is 0.200. The number of benzene rings is 1. The van der Waals surface area contributed by atoms with Crippen molar-refractivity contribution in [3.8, 4) is 11.1 Å². The lowest BCUT2D eigenvalue weighted by Gasteiger charge is -2.40. The monoisotopic (exact) mass is 360 g/mol. The van der Waals surface area contributed by atoms with Gasteiger partial charge in [-0.1, -0.05) is 30.7 Å². The smallest absolute Gasteiger partial charge is 0.235 e. The molecule has 2 aromatic heterocycles. The van der Waals surface area contributed by atoms with Crippen molar-refractivity contribution in [2.75, 3.05) is 16.8 Å². The molecule has 0 atom stereocenters. The molecule has 1 amide bonds. The maximum absolute atomic E-state index is 13.0. The van der Waals surface area contributed by atoms with Gasteiger partial charge in [-0.3, -0.25) is 4.79 Å². The van der Waals surface area contributed by atoms with Gasteiger partial charge in [0, 0.05) is 18.0 Å². The van der Waals surface area contributed by atoms with Crippen LogP contribution in [-0.4, -0.2) is 20.9 Å². The highest BCUT2D eigenvalue weighted by molar-refractivity contribution is 6.00. The molecule has 3 aromatic rings. The van der Waals surface area contributed by atoms with Gasteiger partial charge in [-0.05, 0) is 36.1 Å². The SMILES string of the molecule is Nc1ccc(NC(=O)C2(c3ccc(-c4cnc(N)nc4)cc3)CCC2)cn1. The fourth-order valence-electron chi connectivity index (χ4n) is 3.38. The van der Waals surface area contributed by atoms with Gasteiger partial charge in [0.2, 0.25) is 11.9 Å². The first-order valence-corrected chi connectivity index (χ1v) is 8.78. The predicted octanol–water partition coefficient (Wildman–Crippen LogP) is 2.76. The predicted molar refractivity (Wildman–Crippen MR) is 105 cm³/mol. The van der Waals surface area contributed by atoms with E-state index in [2.05, 4.69) is 20.3 Å². The lowest BCUT2D eigenvalue weighted by Crippen LogP contribution is -2.46. The molecule has 2 heterocycles. The standard InChI is InChI=1S/C20H20N6O/c21-17-7-6-16(12-23-17)26-18(27)20(8-1-9-20)15-4-2-13(3-5-15)14-10-24-19(22)25-11-14/h2-7,10-12H,1,8-9H2,(H2,21,23)(H,26,27)(H2,22,24,25). The molecule has 5 N–H and O–H groups in total. The Morgan fingerprint density at radius 2 is 1.59 bits per heavy atom. The van der Waals surface area contributed by atoms with Gasteiger partial charge in [-0.15, -0.1) is 0 Å². The molecule has 1 aliphatic rings. The summed E-state index contributed by atoms with van der Waals surface area (Å²) in [5, 5.41) is 2.97. The normalized spacial score (nSPS) is 15.0. The number of nitrogens with zero attached hydrogens (tertiary/aromatic N) is 3. The van der Waals surface area contributed by atoms with Crippen LogP contribution >= 0.6 is 0 Å². The number of amides is 1. The van der Waals surface area contributed by atoms with Crippen LogP contribution in [0.3, 0.4) is 0 Å². The van der Waals surface area contributed by atoms with Crippen molar-refractivity contribution in [3.05, 3.63) is 60.6 Å². The van der Waals surface area contributed by atoms with Crippen molar-refractivity contribution in [2.24, 2.45) is 0 Å². The first kappa shape index (κ1) is 17.0. The minimum absolute atomic E-state index is 0.0103. The number of rotatable bonds is 4. The number of carbonyl (C=O) groups excluding carboxylic acids is 1. The van der Waals surface area contributed by atoms with E-state index in [-0.39, 0.29) is 11.9 Å². The molecule has 136 valence electrons.